The zero-order valence-electron chi connectivity index (χ0n) is 17.4. The van der Waals surface area contributed by atoms with Gasteiger partial charge >= 0.3 is 0 Å². The highest BCUT2D eigenvalue weighted by molar-refractivity contribution is 5.81. The van der Waals surface area contributed by atoms with Crippen molar-refractivity contribution in [2.45, 2.75) is 0 Å². The lowest BCUT2D eigenvalue weighted by Gasteiger charge is -2.35. The van der Waals surface area contributed by atoms with Crippen LogP contribution in [0.25, 0.3) is 22.6 Å². The van der Waals surface area contributed by atoms with Gasteiger partial charge in [-0.15, -0.1) is 0 Å². The molecule has 1 fully saturated rings. The van der Waals surface area contributed by atoms with Crippen LogP contribution in [0.4, 0.5) is 11.6 Å². The normalized spacial score (nSPS) is 14.0. The first-order valence-corrected chi connectivity index (χ1v) is 10.5. The molecular formula is C23H29N7O2. The minimum atomic E-state index is -0.0279. The number of carbonyl (C=O) groups excluding carboxylic acids is 1. The number of ether oxygens (including phenoxy) is 1. The second-order valence-corrected chi connectivity index (χ2v) is 7.53. The van der Waals surface area contributed by atoms with Crippen molar-refractivity contribution in [3.05, 3.63) is 60.8 Å². The molecule has 1 amide bonds. The summed E-state index contributed by atoms with van der Waals surface area (Å²) in [4.78, 5) is 33.3. The smallest absolute Gasteiger partial charge is 0.260 e. The van der Waals surface area contributed by atoms with Crippen molar-refractivity contribution >= 4 is 28.6 Å². The topological polar surface area (TPSA) is 113 Å². The number of rotatable bonds is 5. The Hall–Kier alpha value is -4.14. The molecule has 4 aromatic rings. The van der Waals surface area contributed by atoms with E-state index in [1.54, 1.807) is 6.20 Å². The first-order valence-electron chi connectivity index (χ1n) is 10.5. The van der Waals surface area contributed by atoms with E-state index in [2.05, 4.69) is 19.9 Å². The van der Waals surface area contributed by atoms with Gasteiger partial charge in [0.25, 0.3) is 5.91 Å². The Morgan fingerprint density at radius 2 is 1.78 bits per heavy atom. The van der Waals surface area contributed by atoms with Crippen LogP contribution in [0.3, 0.4) is 0 Å². The highest BCUT2D eigenvalue weighted by atomic mass is 16.5. The molecule has 1 aliphatic heterocycles. The third-order valence-corrected chi connectivity index (χ3v) is 5.46. The summed E-state index contributed by atoms with van der Waals surface area (Å²) in [5.41, 5.74) is 8.38. The summed E-state index contributed by atoms with van der Waals surface area (Å²) in [6, 6.07) is 17.1. The van der Waals surface area contributed by atoms with Gasteiger partial charge in [-0.25, -0.2) is 15.0 Å². The number of nitrogens with one attached hydrogen (secondary N) is 1. The molecule has 0 unspecified atom stereocenters. The maximum atomic E-state index is 12.5. The minimum Gasteiger partial charge on any atom is -0.484 e. The first kappa shape index (κ1) is 19.8. The zero-order valence-corrected chi connectivity index (χ0v) is 17.4. The molecule has 3 heterocycles. The molecule has 2 aromatic heterocycles. The standard InChI is InChI=1S/C23H23N7O2.3H2/c24-22-21(23-26-17-8-4-5-9-18(17)27-23)28-19(14-25-22)29-10-12-30(13-11-29)20(31)15-32-16-6-2-1-3-7-16;;;/h1-9,14H,10-13,15H2,(H2,24,25)(H,26,27);3*1H. The Balaban J connectivity index is 0.00000144. The number of nitrogen functional groups attached to an aromatic ring is 1. The fourth-order valence-electron chi connectivity index (χ4n) is 3.72. The number of aromatic nitrogens is 4. The van der Waals surface area contributed by atoms with Crippen molar-refractivity contribution in [2.75, 3.05) is 43.4 Å². The lowest BCUT2D eigenvalue weighted by atomic mass is 10.3. The van der Waals surface area contributed by atoms with Gasteiger partial charge in [-0.2, -0.15) is 0 Å². The van der Waals surface area contributed by atoms with Crippen LogP contribution in [-0.2, 0) is 4.79 Å². The Morgan fingerprint density at radius 1 is 1.03 bits per heavy atom. The number of benzene rings is 2. The van der Waals surface area contributed by atoms with Gasteiger partial charge in [0.15, 0.2) is 23.9 Å². The summed E-state index contributed by atoms with van der Waals surface area (Å²) in [5.74, 6) is 2.28. The molecule has 0 atom stereocenters. The minimum absolute atomic E-state index is 0. The van der Waals surface area contributed by atoms with Crippen LogP contribution in [0.15, 0.2) is 60.8 Å². The molecule has 168 valence electrons. The summed E-state index contributed by atoms with van der Waals surface area (Å²) in [7, 11) is 0. The quantitative estimate of drug-likeness (QED) is 0.495. The number of piperazine rings is 1. The number of para-hydroxylation sites is 3. The summed E-state index contributed by atoms with van der Waals surface area (Å²) >= 11 is 0. The third kappa shape index (κ3) is 4.04. The SMILES string of the molecule is Nc1ncc(N2CCN(C(=O)COc3ccccc3)CC2)nc1-c1nc2ccccc2[nH]1.[HH].[HH].[HH]. The molecule has 0 bridgehead atoms. The highest BCUT2D eigenvalue weighted by Crippen LogP contribution is 2.25. The van der Waals surface area contributed by atoms with E-state index in [9.17, 15) is 4.79 Å². The van der Waals surface area contributed by atoms with Gasteiger partial charge in [0, 0.05) is 30.5 Å². The largest absolute Gasteiger partial charge is 0.484 e. The summed E-state index contributed by atoms with van der Waals surface area (Å²) in [5, 5.41) is 0. The van der Waals surface area contributed by atoms with Gasteiger partial charge in [-0.3, -0.25) is 4.79 Å². The molecule has 5 rings (SSSR count). The Labute approximate surface area is 189 Å². The number of imidazole rings is 1. The van der Waals surface area contributed by atoms with Crippen LogP contribution < -0.4 is 15.4 Å². The number of aromatic amines is 1. The van der Waals surface area contributed by atoms with Gasteiger partial charge in [0.2, 0.25) is 0 Å². The number of carbonyl (C=O) groups is 1. The molecular weight excluding hydrogens is 406 g/mol. The number of anilines is 2. The maximum absolute atomic E-state index is 12.5. The molecule has 2 aromatic carbocycles. The van der Waals surface area contributed by atoms with Crippen molar-refractivity contribution in [3.8, 4) is 17.3 Å². The molecule has 3 N–H and O–H groups in total. The van der Waals surface area contributed by atoms with E-state index < -0.39 is 0 Å². The Morgan fingerprint density at radius 3 is 2.56 bits per heavy atom. The van der Waals surface area contributed by atoms with E-state index in [1.807, 2.05) is 59.5 Å². The van der Waals surface area contributed by atoms with E-state index in [0.29, 0.717) is 55.1 Å². The van der Waals surface area contributed by atoms with E-state index in [1.165, 1.54) is 0 Å². The van der Waals surface area contributed by atoms with Gasteiger partial charge in [0.05, 0.1) is 17.2 Å². The number of hydrogen-bond donors (Lipinski definition) is 2. The van der Waals surface area contributed by atoms with Crippen LogP contribution >= 0.6 is 0 Å². The van der Waals surface area contributed by atoms with Crippen LogP contribution in [0.2, 0.25) is 0 Å². The molecule has 0 aliphatic carbocycles. The van der Waals surface area contributed by atoms with Crippen LogP contribution in [0.1, 0.15) is 4.28 Å². The van der Waals surface area contributed by atoms with Crippen molar-refractivity contribution in [1.29, 1.82) is 0 Å². The number of amides is 1. The van der Waals surface area contributed by atoms with E-state index in [0.717, 1.165) is 11.0 Å². The van der Waals surface area contributed by atoms with Gasteiger partial charge in [-0.05, 0) is 24.3 Å². The Kier molecular flexibility index (Phi) is 5.29. The lowest BCUT2D eigenvalue weighted by molar-refractivity contribution is -0.133. The fourth-order valence-corrected chi connectivity index (χ4v) is 3.72. The van der Waals surface area contributed by atoms with Crippen LogP contribution in [0, 0.1) is 0 Å². The molecule has 9 nitrogen and oxygen atoms in total. The third-order valence-electron chi connectivity index (χ3n) is 5.46. The fraction of sp³-hybridized carbons (Fsp3) is 0.217. The predicted molar refractivity (Wildman–Crippen MR) is 129 cm³/mol. The second-order valence-electron chi connectivity index (χ2n) is 7.53. The van der Waals surface area contributed by atoms with E-state index in [-0.39, 0.29) is 16.8 Å². The van der Waals surface area contributed by atoms with Crippen LogP contribution in [-0.4, -0.2) is 63.5 Å². The average molecular weight is 436 g/mol. The molecule has 0 radical (unpaired) electrons. The lowest BCUT2D eigenvalue weighted by Crippen LogP contribution is -2.50. The molecule has 32 heavy (non-hydrogen) atoms. The number of nitrogens with zero attached hydrogens (tertiary/aromatic N) is 5. The van der Waals surface area contributed by atoms with Gasteiger partial charge < -0.3 is 25.3 Å². The number of nitrogens with two attached hydrogens (primary N) is 1. The molecule has 0 saturated carbocycles. The Bertz CT molecular complexity index is 1220. The van der Waals surface area contributed by atoms with Crippen molar-refractivity contribution in [2.24, 2.45) is 0 Å². The molecule has 1 aliphatic rings. The van der Waals surface area contributed by atoms with Gasteiger partial charge in [-0.1, -0.05) is 30.3 Å². The highest BCUT2D eigenvalue weighted by Gasteiger charge is 2.23. The number of hydrogen-bond acceptors (Lipinski definition) is 7. The molecule has 0 spiro atoms. The first-order chi connectivity index (χ1) is 15.7. The van der Waals surface area contributed by atoms with E-state index >= 15 is 0 Å². The van der Waals surface area contributed by atoms with Crippen molar-refractivity contribution in [3.63, 3.8) is 0 Å². The molecule has 1 saturated heterocycles. The number of fused-ring (bicyclic) bond motifs is 1. The second kappa shape index (κ2) is 8.54. The summed E-state index contributed by atoms with van der Waals surface area (Å²) in [6.45, 7) is 2.50. The average Bonchev–Trinajstić information content (AvgIpc) is 3.28. The van der Waals surface area contributed by atoms with Gasteiger partial charge in [0.1, 0.15) is 11.6 Å². The van der Waals surface area contributed by atoms with Crippen molar-refractivity contribution < 1.29 is 13.8 Å². The van der Waals surface area contributed by atoms with E-state index in [4.69, 9.17) is 15.5 Å². The van der Waals surface area contributed by atoms with Crippen LogP contribution in [0.5, 0.6) is 5.75 Å². The monoisotopic (exact) mass is 435 g/mol. The molecule has 9 heteroatoms. The summed E-state index contributed by atoms with van der Waals surface area (Å²) in [6.07, 6.45) is 1.66. The van der Waals surface area contributed by atoms with Crippen molar-refractivity contribution in [1.82, 2.24) is 24.8 Å². The maximum Gasteiger partial charge on any atom is 0.260 e. The predicted octanol–water partition coefficient (Wildman–Crippen LogP) is 3.07. The summed E-state index contributed by atoms with van der Waals surface area (Å²) < 4.78 is 5.58. The number of H-pyrrole nitrogens is 1. The zero-order chi connectivity index (χ0) is 21.9.